The van der Waals surface area contributed by atoms with Crippen molar-refractivity contribution < 1.29 is 9.18 Å². The Morgan fingerprint density at radius 3 is 2.67 bits per heavy atom. The molecule has 9 heavy (non-hydrogen) atoms. The van der Waals surface area contributed by atoms with Gasteiger partial charge in [0.1, 0.15) is 0 Å². The lowest BCUT2D eigenvalue weighted by molar-refractivity contribution is 0.101. The number of Topliss-reactive ketones (excluding diaryl/α,β-unsaturated/α-hetero) is 1. The van der Waals surface area contributed by atoms with Crippen LogP contribution in [0, 0.1) is 5.13 Å². The van der Waals surface area contributed by atoms with Crippen LogP contribution in [0.25, 0.3) is 0 Å². The Morgan fingerprint density at radius 2 is 2.44 bits per heavy atom. The van der Waals surface area contributed by atoms with Gasteiger partial charge in [0.15, 0.2) is 10.9 Å². The number of hydrogen-bond acceptors (Lipinski definition) is 2. The molecule has 0 N–H and O–H groups in total. The Bertz CT molecular complexity index is 229. The second-order valence-electron chi connectivity index (χ2n) is 1.70. The summed E-state index contributed by atoms with van der Waals surface area (Å²) in [6.45, 7) is 1.42. The number of thiophene rings is 1. The molecular formula is C6H5FOS. The first-order valence-electron chi connectivity index (χ1n) is 2.45. The molecule has 0 aliphatic heterocycles. The van der Waals surface area contributed by atoms with E-state index in [0.29, 0.717) is 5.56 Å². The number of ketones is 1. The third-order valence-corrected chi connectivity index (χ3v) is 1.69. The number of halogens is 1. The van der Waals surface area contributed by atoms with Crippen molar-refractivity contribution in [1.29, 1.82) is 0 Å². The van der Waals surface area contributed by atoms with Crippen molar-refractivity contribution in [1.82, 2.24) is 0 Å². The van der Waals surface area contributed by atoms with Crippen LogP contribution in [0.5, 0.6) is 0 Å². The minimum atomic E-state index is -0.305. The molecule has 0 amide bonds. The van der Waals surface area contributed by atoms with Crippen LogP contribution in [0.2, 0.25) is 0 Å². The summed E-state index contributed by atoms with van der Waals surface area (Å²) in [5, 5.41) is 1.21. The van der Waals surface area contributed by atoms with E-state index < -0.39 is 0 Å². The first kappa shape index (κ1) is 6.42. The molecular weight excluding hydrogens is 139 g/mol. The van der Waals surface area contributed by atoms with E-state index >= 15 is 0 Å². The summed E-state index contributed by atoms with van der Waals surface area (Å²) >= 11 is 0.945. The fourth-order valence-electron chi connectivity index (χ4n) is 0.495. The monoisotopic (exact) mass is 144 g/mol. The zero-order valence-electron chi connectivity index (χ0n) is 4.85. The summed E-state index contributed by atoms with van der Waals surface area (Å²) in [5.41, 5.74) is 0.456. The molecule has 48 valence electrons. The highest BCUT2D eigenvalue weighted by Gasteiger charge is 2.01. The van der Waals surface area contributed by atoms with E-state index in [4.69, 9.17) is 0 Å². The maximum atomic E-state index is 12.2. The Labute approximate surface area is 56.1 Å². The highest BCUT2D eigenvalue weighted by Crippen LogP contribution is 2.11. The van der Waals surface area contributed by atoms with E-state index in [2.05, 4.69) is 0 Å². The summed E-state index contributed by atoms with van der Waals surface area (Å²) in [6, 6.07) is 1.24. The van der Waals surface area contributed by atoms with Gasteiger partial charge in [0.2, 0.25) is 0 Å². The minimum absolute atomic E-state index is 0.0878. The second kappa shape index (κ2) is 2.27. The summed E-state index contributed by atoms with van der Waals surface area (Å²) in [4.78, 5) is 10.5. The third-order valence-electron chi connectivity index (χ3n) is 0.974. The van der Waals surface area contributed by atoms with Gasteiger partial charge in [-0.15, -0.1) is 11.3 Å². The number of rotatable bonds is 1. The van der Waals surface area contributed by atoms with Gasteiger partial charge in [0.25, 0.3) is 0 Å². The van der Waals surface area contributed by atoms with Gasteiger partial charge in [-0.25, -0.2) is 0 Å². The zero-order chi connectivity index (χ0) is 6.85. The average Bonchev–Trinajstić information content (AvgIpc) is 2.14. The van der Waals surface area contributed by atoms with Crippen molar-refractivity contribution >= 4 is 17.1 Å². The molecule has 1 rings (SSSR count). The van der Waals surface area contributed by atoms with E-state index in [-0.39, 0.29) is 10.9 Å². The molecule has 0 unspecified atom stereocenters. The maximum absolute atomic E-state index is 12.2. The molecule has 3 heteroatoms. The van der Waals surface area contributed by atoms with Gasteiger partial charge in [-0.3, -0.25) is 4.79 Å². The molecule has 0 radical (unpaired) electrons. The van der Waals surface area contributed by atoms with Gasteiger partial charge in [0.05, 0.1) is 0 Å². The Hall–Kier alpha value is -0.700. The number of hydrogen-bond donors (Lipinski definition) is 0. The van der Waals surface area contributed by atoms with Crippen molar-refractivity contribution in [3.05, 3.63) is 22.1 Å². The highest BCUT2D eigenvalue weighted by atomic mass is 32.1. The van der Waals surface area contributed by atoms with Crippen molar-refractivity contribution in [2.75, 3.05) is 0 Å². The van der Waals surface area contributed by atoms with Crippen LogP contribution < -0.4 is 0 Å². The van der Waals surface area contributed by atoms with Gasteiger partial charge in [-0.2, -0.15) is 4.39 Å². The second-order valence-corrected chi connectivity index (χ2v) is 2.56. The van der Waals surface area contributed by atoms with Crippen LogP contribution in [-0.2, 0) is 0 Å². The fraction of sp³-hybridized carbons (Fsp3) is 0.167. The van der Waals surface area contributed by atoms with Crippen LogP contribution in [-0.4, -0.2) is 5.78 Å². The van der Waals surface area contributed by atoms with Crippen LogP contribution in [0.1, 0.15) is 17.3 Å². The van der Waals surface area contributed by atoms with Crippen LogP contribution >= 0.6 is 11.3 Å². The van der Waals surface area contributed by atoms with Gasteiger partial charge >= 0.3 is 0 Å². The SMILES string of the molecule is CC(=O)c1csc(F)c1. The van der Waals surface area contributed by atoms with Crippen LogP contribution in [0.4, 0.5) is 4.39 Å². The maximum Gasteiger partial charge on any atom is 0.177 e. The van der Waals surface area contributed by atoms with E-state index in [1.807, 2.05) is 0 Å². The van der Waals surface area contributed by atoms with Crippen LogP contribution in [0.15, 0.2) is 11.4 Å². The highest BCUT2D eigenvalue weighted by molar-refractivity contribution is 7.08. The van der Waals surface area contributed by atoms with E-state index in [0.717, 1.165) is 11.3 Å². The van der Waals surface area contributed by atoms with Crippen molar-refractivity contribution in [3.8, 4) is 0 Å². The Balaban J connectivity index is 2.98. The predicted molar refractivity (Wildman–Crippen MR) is 34.3 cm³/mol. The number of carbonyl (C=O) groups is 1. The molecule has 0 aliphatic rings. The minimum Gasteiger partial charge on any atom is -0.294 e. The van der Waals surface area contributed by atoms with Gasteiger partial charge in [-0.1, -0.05) is 0 Å². The molecule has 0 spiro atoms. The molecule has 1 nitrogen and oxygen atoms in total. The van der Waals surface area contributed by atoms with Gasteiger partial charge in [-0.05, 0) is 13.0 Å². The summed E-state index contributed by atoms with van der Waals surface area (Å²) in [7, 11) is 0. The van der Waals surface area contributed by atoms with Crippen LogP contribution in [0.3, 0.4) is 0 Å². The molecule has 1 heterocycles. The lowest BCUT2D eigenvalue weighted by atomic mass is 10.2. The summed E-state index contributed by atoms with van der Waals surface area (Å²) < 4.78 is 12.2. The van der Waals surface area contributed by atoms with E-state index in [1.54, 1.807) is 0 Å². The zero-order valence-corrected chi connectivity index (χ0v) is 5.67. The van der Waals surface area contributed by atoms with E-state index in [1.165, 1.54) is 18.4 Å². The molecule has 1 aromatic heterocycles. The Morgan fingerprint density at radius 1 is 1.78 bits per heavy atom. The standard InChI is InChI=1S/C6H5FOS/c1-4(8)5-2-6(7)9-3-5/h2-3H,1H3. The van der Waals surface area contributed by atoms with Crippen molar-refractivity contribution in [3.63, 3.8) is 0 Å². The topological polar surface area (TPSA) is 17.1 Å². The van der Waals surface area contributed by atoms with Crippen molar-refractivity contribution in [2.45, 2.75) is 6.92 Å². The largest absolute Gasteiger partial charge is 0.294 e. The molecule has 0 bridgehead atoms. The van der Waals surface area contributed by atoms with E-state index in [9.17, 15) is 9.18 Å². The van der Waals surface area contributed by atoms with Crippen molar-refractivity contribution in [2.24, 2.45) is 0 Å². The van der Waals surface area contributed by atoms with Gasteiger partial charge < -0.3 is 0 Å². The summed E-state index contributed by atoms with van der Waals surface area (Å²) in [5.74, 6) is -0.0878. The summed E-state index contributed by atoms with van der Waals surface area (Å²) in [6.07, 6.45) is 0. The molecule has 0 aliphatic carbocycles. The third kappa shape index (κ3) is 1.36. The fourth-order valence-corrected chi connectivity index (χ4v) is 1.16. The normalized spacial score (nSPS) is 9.56. The van der Waals surface area contributed by atoms with Gasteiger partial charge in [0, 0.05) is 10.9 Å². The lowest BCUT2D eigenvalue weighted by Gasteiger charge is -1.80. The Kier molecular flexibility index (Phi) is 1.62. The quantitative estimate of drug-likeness (QED) is 0.551. The molecule has 0 saturated carbocycles. The first-order valence-corrected chi connectivity index (χ1v) is 3.33. The molecule has 0 saturated heterocycles. The first-order chi connectivity index (χ1) is 4.20. The molecule has 0 fully saturated rings. The lowest BCUT2D eigenvalue weighted by Crippen LogP contribution is -1.85. The smallest absolute Gasteiger partial charge is 0.177 e. The molecule has 1 aromatic rings. The average molecular weight is 144 g/mol. The number of carbonyl (C=O) groups excluding carboxylic acids is 1. The molecule has 0 atom stereocenters. The predicted octanol–water partition coefficient (Wildman–Crippen LogP) is 2.09. The molecule has 0 aromatic carbocycles.